The van der Waals surface area contributed by atoms with Crippen LogP contribution in [0.15, 0.2) is 194 Å². The Balaban J connectivity index is 1.03. The van der Waals surface area contributed by atoms with Crippen LogP contribution in [0.1, 0.15) is 22.3 Å². The molecular formula is C55H32. The summed E-state index contributed by atoms with van der Waals surface area (Å²) < 4.78 is 0. The van der Waals surface area contributed by atoms with Crippen molar-refractivity contribution in [2.24, 2.45) is 0 Å². The van der Waals surface area contributed by atoms with Crippen molar-refractivity contribution in [3.05, 3.63) is 216 Å². The minimum absolute atomic E-state index is 0.405. The van der Waals surface area contributed by atoms with Gasteiger partial charge in [0.05, 0.1) is 5.41 Å². The molecule has 252 valence electrons. The number of benzene rings is 11. The highest BCUT2D eigenvalue weighted by Crippen LogP contribution is 2.65. The number of hydrogen-bond acceptors (Lipinski definition) is 0. The van der Waals surface area contributed by atoms with Crippen LogP contribution in [0.25, 0.3) is 98.4 Å². The standard InChI is InChI=1S/C55H32/c1-2-14-42-33(9-1)25-30-50-53(42)47-29-24-40-32-38(23-27-43(40)54(47)55(50)48-17-5-3-15-44(48)45-16-4-6-18-49(45)55)37-12-8-13-39(31-37)41-26-21-36-20-19-34-10-7-11-35-22-28-46(41)52(36)51(34)35/h1-32H. The third kappa shape index (κ3) is 3.71. The zero-order chi connectivity index (χ0) is 35.8. The molecular weight excluding hydrogens is 661 g/mol. The first-order valence-electron chi connectivity index (χ1n) is 19.3. The topological polar surface area (TPSA) is 0 Å². The highest BCUT2D eigenvalue weighted by atomic mass is 14.5. The molecule has 0 saturated carbocycles. The van der Waals surface area contributed by atoms with Gasteiger partial charge in [-0.2, -0.15) is 0 Å². The van der Waals surface area contributed by atoms with Gasteiger partial charge in [-0.25, -0.2) is 0 Å². The maximum atomic E-state index is 2.42. The van der Waals surface area contributed by atoms with Crippen molar-refractivity contribution >= 4 is 53.9 Å². The predicted molar refractivity (Wildman–Crippen MR) is 232 cm³/mol. The third-order valence-electron chi connectivity index (χ3n) is 13.0. The third-order valence-corrected chi connectivity index (χ3v) is 13.0. The molecule has 0 aromatic heterocycles. The van der Waals surface area contributed by atoms with Crippen molar-refractivity contribution in [3.63, 3.8) is 0 Å². The summed E-state index contributed by atoms with van der Waals surface area (Å²) >= 11 is 0. The van der Waals surface area contributed by atoms with Crippen molar-refractivity contribution < 1.29 is 0 Å². The molecule has 0 amide bonds. The Kier molecular flexibility index (Phi) is 5.65. The zero-order valence-corrected chi connectivity index (χ0v) is 30.0. The van der Waals surface area contributed by atoms with Gasteiger partial charge in [0.15, 0.2) is 0 Å². The Labute approximate surface area is 318 Å². The lowest BCUT2D eigenvalue weighted by atomic mass is 9.69. The van der Waals surface area contributed by atoms with Crippen LogP contribution < -0.4 is 0 Å². The molecule has 0 atom stereocenters. The fourth-order valence-electron chi connectivity index (χ4n) is 10.8. The van der Waals surface area contributed by atoms with Crippen LogP contribution >= 0.6 is 0 Å². The quantitative estimate of drug-likeness (QED) is 0.158. The molecule has 0 saturated heterocycles. The maximum absolute atomic E-state index is 2.42. The fraction of sp³-hybridized carbons (Fsp3) is 0.0182. The maximum Gasteiger partial charge on any atom is 0.0731 e. The van der Waals surface area contributed by atoms with E-state index in [1.54, 1.807) is 0 Å². The second-order valence-corrected chi connectivity index (χ2v) is 15.5. The van der Waals surface area contributed by atoms with E-state index in [1.807, 2.05) is 0 Å². The van der Waals surface area contributed by atoms with Gasteiger partial charge in [0, 0.05) is 0 Å². The predicted octanol–water partition coefficient (Wildman–Crippen LogP) is 14.6. The van der Waals surface area contributed by atoms with Crippen LogP contribution in [0.3, 0.4) is 0 Å². The average molecular weight is 693 g/mol. The van der Waals surface area contributed by atoms with Crippen molar-refractivity contribution in [2.45, 2.75) is 5.41 Å². The van der Waals surface area contributed by atoms with E-state index in [4.69, 9.17) is 0 Å². The molecule has 0 nitrogen and oxygen atoms in total. The van der Waals surface area contributed by atoms with Gasteiger partial charge < -0.3 is 0 Å². The van der Waals surface area contributed by atoms with E-state index >= 15 is 0 Å². The molecule has 0 bridgehead atoms. The first-order valence-corrected chi connectivity index (χ1v) is 19.3. The molecule has 11 aromatic rings. The monoisotopic (exact) mass is 692 g/mol. The summed E-state index contributed by atoms with van der Waals surface area (Å²) in [7, 11) is 0. The van der Waals surface area contributed by atoms with Crippen molar-refractivity contribution in [1.82, 2.24) is 0 Å². The van der Waals surface area contributed by atoms with Gasteiger partial charge in [-0.05, 0) is 133 Å². The van der Waals surface area contributed by atoms with Crippen molar-refractivity contribution in [3.8, 4) is 44.5 Å². The van der Waals surface area contributed by atoms with Gasteiger partial charge in [0.2, 0.25) is 0 Å². The van der Waals surface area contributed by atoms with Crippen molar-refractivity contribution in [1.29, 1.82) is 0 Å². The van der Waals surface area contributed by atoms with E-state index in [0.717, 1.165) is 0 Å². The molecule has 13 rings (SSSR count). The Hall–Kier alpha value is -7.02. The Morgan fingerprint density at radius 1 is 0.273 bits per heavy atom. The minimum Gasteiger partial charge on any atom is -0.0619 e. The van der Waals surface area contributed by atoms with E-state index in [2.05, 4.69) is 194 Å². The van der Waals surface area contributed by atoms with E-state index in [1.165, 1.54) is 121 Å². The lowest BCUT2D eigenvalue weighted by Crippen LogP contribution is -2.26. The Bertz CT molecular complexity index is 3370. The largest absolute Gasteiger partial charge is 0.0731 e. The van der Waals surface area contributed by atoms with E-state index < -0.39 is 5.41 Å². The molecule has 55 heavy (non-hydrogen) atoms. The first-order chi connectivity index (χ1) is 27.3. The van der Waals surface area contributed by atoms with E-state index in [-0.39, 0.29) is 0 Å². The molecule has 0 heteroatoms. The second-order valence-electron chi connectivity index (χ2n) is 15.5. The summed E-state index contributed by atoms with van der Waals surface area (Å²) in [6, 6.07) is 73.3. The van der Waals surface area contributed by atoms with E-state index in [9.17, 15) is 0 Å². The van der Waals surface area contributed by atoms with Gasteiger partial charge in [0.25, 0.3) is 0 Å². The van der Waals surface area contributed by atoms with Crippen LogP contribution in [0.5, 0.6) is 0 Å². The number of fused-ring (bicyclic) bond motifs is 14. The molecule has 0 fully saturated rings. The van der Waals surface area contributed by atoms with Gasteiger partial charge in [-0.1, -0.05) is 182 Å². The fourth-order valence-corrected chi connectivity index (χ4v) is 10.8. The summed E-state index contributed by atoms with van der Waals surface area (Å²) in [5.74, 6) is 0. The normalized spacial score (nSPS) is 13.6. The van der Waals surface area contributed by atoms with Gasteiger partial charge in [0.1, 0.15) is 0 Å². The Morgan fingerprint density at radius 2 is 0.855 bits per heavy atom. The molecule has 2 aliphatic rings. The van der Waals surface area contributed by atoms with Gasteiger partial charge in [-0.15, -0.1) is 0 Å². The van der Waals surface area contributed by atoms with Crippen LogP contribution in [0.4, 0.5) is 0 Å². The molecule has 0 aliphatic heterocycles. The van der Waals surface area contributed by atoms with Crippen molar-refractivity contribution in [2.75, 3.05) is 0 Å². The summed E-state index contributed by atoms with van der Waals surface area (Å²) in [6.07, 6.45) is 0. The zero-order valence-electron chi connectivity index (χ0n) is 30.0. The molecule has 1 spiro atoms. The van der Waals surface area contributed by atoms with E-state index in [0.29, 0.717) is 0 Å². The highest BCUT2D eigenvalue weighted by Gasteiger charge is 2.52. The molecule has 0 unspecified atom stereocenters. The highest BCUT2D eigenvalue weighted by molar-refractivity contribution is 6.25. The molecule has 11 aromatic carbocycles. The van der Waals surface area contributed by atoms with Crippen LogP contribution in [-0.2, 0) is 5.41 Å². The van der Waals surface area contributed by atoms with Crippen LogP contribution in [0.2, 0.25) is 0 Å². The minimum atomic E-state index is -0.405. The summed E-state index contributed by atoms with van der Waals surface area (Å²) in [5, 5.41) is 13.1. The summed E-state index contributed by atoms with van der Waals surface area (Å²) in [6.45, 7) is 0. The number of hydrogen-bond donors (Lipinski definition) is 0. The molecule has 0 N–H and O–H groups in total. The van der Waals surface area contributed by atoms with Crippen LogP contribution in [0, 0.1) is 0 Å². The van der Waals surface area contributed by atoms with Gasteiger partial charge in [-0.3, -0.25) is 0 Å². The summed E-state index contributed by atoms with van der Waals surface area (Å²) in [5.41, 5.74) is 15.5. The molecule has 2 aliphatic carbocycles. The first kappa shape index (κ1) is 29.4. The molecule has 0 radical (unpaired) electrons. The lowest BCUT2D eigenvalue weighted by molar-refractivity contribution is 0.802. The summed E-state index contributed by atoms with van der Waals surface area (Å²) in [4.78, 5) is 0. The number of rotatable bonds is 2. The Morgan fingerprint density at radius 3 is 1.69 bits per heavy atom. The smallest absolute Gasteiger partial charge is 0.0619 e. The lowest BCUT2D eigenvalue weighted by Gasteiger charge is -2.31. The SMILES string of the molecule is c1cc(-c2ccc3c4c(ccc3c2)-c2c(ccc3ccccc23)C42c3ccccc3-c3ccccc32)cc(-c2ccc3ccc4cccc5ccc2c3c45)c1. The average Bonchev–Trinajstić information content (AvgIpc) is 3.73. The molecule has 0 heterocycles. The van der Waals surface area contributed by atoms with Crippen LogP contribution in [-0.4, -0.2) is 0 Å². The van der Waals surface area contributed by atoms with Gasteiger partial charge >= 0.3 is 0 Å². The second kappa shape index (κ2) is 10.6.